The van der Waals surface area contributed by atoms with Crippen LogP contribution in [0.25, 0.3) is 5.69 Å². The summed E-state index contributed by atoms with van der Waals surface area (Å²) in [5.41, 5.74) is 0.409. The highest BCUT2D eigenvalue weighted by Gasteiger charge is 2.22. The van der Waals surface area contributed by atoms with Gasteiger partial charge in [0.2, 0.25) is 0 Å². The highest BCUT2D eigenvalue weighted by atomic mass is 16.6. The zero-order valence-electron chi connectivity index (χ0n) is 11.4. The van der Waals surface area contributed by atoms with E-state index in [1.165, 1.54) is 23.9 Å². The normalized spacial score (nSPS) is 14.1. The lowest BCUT2D eigenvalue weighted by molar-refractivity contribution is -0.385. The van der Waals surface area contributed by atoms with Gasteiger partial charge in [-0.2, -0.15) is 4.68 Å². The second kappa shape index (κ2) is 5.44. The van der Waals surface area contributed by atoms with Crippen molar-refractivity contribution in [3.63, 3.8) is 0 Å². The molecule has 1 aliphatic carbocycles. The molecule has 0 amide bonds. The lowest BCUT2D eigenvalue weighted by Crippen LogP contribution is -2.18. The predicted molar refractivity (Wildman–Crippen MR) is 72.2 cm³/mol. The van der Waals surface area contributed by atoms with Gasteiger partial charge in [0, 0.05) is 12.1 Å². The Hall–Kier alpha value is -2.55. The minimum Gasteiger partial charge on any atom is -0.490 e. The average molecular weight is 290 g/mol. The summed E-state index contributed by atoms with van der Waals surface area (Å²) in [4.78, 5) is 10.6. The summed E-state index contributed by atoms with van der Waals surface area (Å²) in [6.07, 6.45) is 2.32. The number of rotatable bonds is 6. The van der Waals surface area contributed by atoms with Crippen LogP contribution in [0.5, 0.6) is 5.75 Å². The number of nitrogens with zero attached hydrogens (tertiary/aromatic N) is 5. The summed E-state index contributed by atoms with van der Waals surface area (Å²) in [6, 6.07) is 5.15. The van der Waals surface area contributed by atoms with E-state index >= 15 is 0 Å². The molecule has 0 bridgehead atoms. The Morgan fingerprint density at radius 2 is 2.33 bits per heavy atom. The van der Waals surface area contributed by atoms with E-state index < -0.39 is 4.92 Å². The van der Waals surface area contributed by atoms with E-state index in [0.717, 1.165) is 12.8 Å². The lowest BCUT2D eigenvalue weighted by atomic mass is 10.2. The van der Waals surface area contributed by atoms with Gasteiger partial charge in [0.25, 0.3) is 0 Å². The third kappa shape index (κ3) is 2.82. The molecule has 9 nitrogen and oxygen atoms in total. The van der Waals surface area contributed by atoms with Crippen molar-refractivity contribution >= 4 is 5.69 Å². The smallest absolute Gasteiger partial charge is 0.313 e. The molecule has 0 spiro atoms. The Labute approximate surface area is 120 Å². The Bertz CT molecular complexity index is 667. The maximum absolute atomic E-state index is 11.1. The van der Waals surface area contributed by atoms with E-state index in [1.54, 1.807) is 6.07 Å². The summed E-state index contributed by atoms with van der Waals surface area (Å²) in [6.45, 7) is 0.525. The molecule has 1 fully saturated rings. The number of hydrogen-bond acceptors (Lipinski definition) is 7. The monoisotopic (exact) mass is 290 g/mol. The van der Waals surface area contributed by atoms with Crippen molar-refractivity contribution in [2.45, 2.75) is 25.4 Å². The van der Waals surface area contributed by atoms with Crippen molar-refractivity contribution in [2.24, 2.45) is 0 Å². The lowest BCUT2D eigenvalue weighted by Gasteiger charge is -2.07. The van der Waals surface area contributed by atoms with Crippen LogP contribution in [0.2, 0.25) is 0 Å². The van der Waals surface area contributed by atoms with Gasteiger partial charge in [0.1, 0.15) is 0 Å². The largest absolute Gasteiger partial charge is 0.490 e. The fraction of sp³-hybridized carbons (Fsp3) is 0.417. The topological polar surface area (TPSA) is 108 Å². The molecule has 21 heavy (non-hydrogen) atoms. The van der Waals surface area contributed by atoms with Crippen LogP contribution in [0.4, 0.5) is 5.69 Å². The summed E-state index contributed by atoms with van der Waals surface area (Å²) < 4.78 is 6.47. The molecule has 0 atom stereocenters. The van der Waals surface area contributed by atoms with Gasteiger partial charge in [-0.05, 0) is 35.4 Å². The van der Waals surface area contributed by atoms with Gasteiger partial charge in [-0.1, -0.05) is 0 Å². The van der Waals surface area contributed by atoms with Crippen molar-refractivity contribution in [2.75, 3.05) is 7.11 Å². The minimum absolute atomic E-state index is 0.119. The third-order valence-corrected chi connectivity index (χ3v) is 3.26. The van der Waals surface area contributed by atoms with Crippen molar-refractivity contribution in [1.29, 1.82) is 0 Å². The van der Waals surface area contributed by atoms with Gasteiger partial charge >= 0.3 is 5.69 Å². The second-order valence-electron chi connectivity index (χ2n) is 4.78. The molecule has 0 unspecified atom stereocenters. The number of nitro benzene ring substituents is 1. The van der Waals surface area contributed by atoms with Crippen LogP contribution in [-0.4, -0.2) is 38.3 Å². The SMILES string of the molecule is COc1ccc(-n2nnnc2CNC2CC2)cc1[N+](=O)[O-]. The maximum atomic E-state index is 11.1. The van der Waals surface area contributed by atoms with Crippen LogP contribution < -0.4 is 10.1 Å². The van der Waals surface area contributed by atoms with E-state index in [0.29, 0.717) is 24.1 Å². The number of hydrogen-bond donors (Lipinski definition) is 1. The van der Waals surface area contributed by atoms with E-state index in [4.69, 9.17) is 4.74 Å². The Balaban J connectivity index is 1.90. The van der Waals surface area contributed by atoms with Crippen molar-refractivity contribution < 1.29 is 9.66 Å². The molecule has 1 N–H and O–H groups in total. The van der Waals surface area contributed by atoms with Crippen LogP contribution in [0.15, 0.2) is 18.2 Å². The highest BCUT2D eigenvalue weighted by Crippen LogP contribution is 2.29. The summed E-state index contributed by atoms with van der Waals surface area (Å²) >= 11 is 0. The summed E-state index contributed by atoms with van der Waals surface area (Å²) in [7, 11) is 1.39. The van der Waals surface area contributed by atoms with Crippen LogP contribution in [0.3, 0.4) is 0 Å². The fourth-order valence-electron chi connectivity index (χ4n) is 1.99. The number of nitro groups is 1. The van der Waals surface area contributed by atoms with Crippen LogP contribution in [-0.2, 0) is 6.54 Å². The third-order valence-electron chi connectivity index (χ3n) is 3.26. The van der Waals surface area contributed by atoms with Crippen molar-refractivity contribution in [1.82, 2.24) is 25.5 Å². The first-order valence-corrected chi connectivity index (χ1v) is 6.52. The molecular formula is C12H14N6O3. The highest BCUT2D eigenvalue weighted by molar-refractivity contribution is 5.53. The Morgan fingerprint density at radius 3 is 3.00 bits per heavy atom. The van der Waals surface area contributed by atoms with Crippen LogP contribution in [0.1, 0.15) is 18.7 Å². The average Bonchev–Trinajstić information content (AvgIpc) is 3.21. The van der Waals surface area contributed by atoms with Gasteiger partial charge in [-0.3, -0.25) is 10.1 Å². The second-order valence-corrected chi connectivity index (χ2v) is 4.78. The van der Waals surface area contributed by atoms with E-state index in [9.17, 15) is 10.1 Å². The predicted octanol–water partition coefficient (Wildman–Crippen LogP) is 0.831. The van der Waals surface area contributed by atoms with Crippen molar-refractivity contribution in [3.05, 3.63) is 34.1 Å². The summed E-state index contributed by atoms with van der Waals surface area (Å²) in [5.74, 6) is 0.816. The van der Waals surface area contributed by atoms with Crippen LogP contribution in [0, 0.1) is 10.1 Å². The number of aromatic nitrogens is 4. The summed E-state index contributed by atoms with van der Waals surface area (Å²) in [5, 5.41) is 25.8. The molecule has 1 aliphatic rings. The first-order valence-electron chi connectivity index (χ1n) is 6.52. The molecule has 1 aromatic carbocycles. The van der Waals surface area contributed by atoms with Gasteiger partial charge < -0.3 is 10.1 Å². The van der Waals surface area contributed by atoms with Gasteiger partial charge in [-0.15, -0.1) is 5.10 Å². The Morgan fingerprint density at radius 1 is 1.52 bits per heavy atom. The molecule has 0 saturated heterocycles. The molecule has 2 aromatic rings. The Kier molecular flexibility index (Phi) is 3.48. The van der Waals surface area contributed by atoms with Gasteiger partial charge in [-0.25, -0.2) is 0 Å². The fourth-order valence-corrected chi connectivity index (χ4v) is 1.99. The number of methoxy groups -OCH3 is 1. The molecule has 1 aromatic heterocycles. The maximum Gasteiger partial charge on any atom is 0.313 e. The molecule has 0 radical (unpaired) electrons. The zero-order chi connectivity index (χ0) is 14.8. The number of ether oxygens (including phenoxy) is 1. The number of tetrazole rings is 1. The van der Waals surface area contributed by atoms with E-state index in [1.807, 2.05) is 0 Å². The molecule has 1 saturated carbocycles. The molecule has 110 valence electrons. The van der Waals surface area contributed by atoms with E-state index in [-0.39, 0.29) is 11.4 Å². The molecule has 3 rings (SSSR count). The van der Waals surface area contributed by atoms with Crippen molar-refractivity contribution in [3.8, 4) is 11.4 Å². The number of benzene rings is 1. The van der Waals surface area contributed by atoms with E-state index in [2.05, 4.69) is 20.8 Å². The molecule has 1 heterocycles. The first kappa shape index (κ1) is 13.4. The quantitative estimate of drug-likeness (QED) is 0.620. The molecular weight excluding hydrogens is 276 g/mol. The first-order chi connectivity index (χ1) is 10.2. The molecule has 0 aliphatic heterocycles. The molecule has 9 heteroatoms. The van der Waals surface area contributed by atoms with Gasteiger partial charge in [0.05, 0.1) is 24.3 Å². The number of nitrogens with one attached hydrogen (secondary N) is 1. The standard InChI is InChI=1S/C12H14N6O3/c1-21-11-5-4-9(6-10(11)18(19)20)17-12(14-15-16-17)7-13-8-2-3-8/h4-6,8,13H,2-3,7H2,1H3. The van der Waals surface area contributed by atoms with Crippen LogP contribution >= 0.6 is 0 Å². The zero-order valence-corrected chi connectivity index (χ0v) is 11.4. The van der Waals surface area contributed by atoms with Gasteiger partial charge in [0.15, 0.2) is 11.6 Å². The minimum atomic E-state index is -0.491.